The van der Waals surface area contributed by atoms with Crippen LogP contribution in [-0.2, 0) is 9.53 Å². The first-order valence-corrected chi connectivity index (χ1v) is 10.5. The Labute approximate surface area is 179 Å². The molecule has 2 aromatic heterocycles. The predicted octanol–water partition coefficient (Wildman–Crippen LogP) is 5.08. The zero-order chi connectivity index (χ0) is 20.4. The SMILES string of the molecule is C[C@@]1(CNC(=O)C[C@@H](c2ccc(Cl)nc2)c2c[nH]c3ccc(Cl)cc23)CCCO1. The van der Waals surface area contributed by atoms with E-state index in [9.17, 15) is 4.79 Å². The molecule has 3 heterocycles. The number of carbonyl (C=O) groups is 1. The number of carbonyl (C=O) groups excluding carboxylic acids is 1. The van der Waals surface area contributed by atoms with Gasteiger partial charge in [0.1, 0.15) is 5.15 Å². The molecule has 1 aromatic carbocycles. The molecule has 1 saturated heterocycles. The van der Waals surface area contributed by atoms with Gasteiger partial charge >= 0.3 is 0 Å². The smallest absolute Gasteiger partial charge is 0.221 e. The van der Waals surface area contributed by atoms with Crippen LogP contribution in [0.15, 0.2) is 42.7 Å². The van der Waals surface area contributed by atoms with Gasteiger partial charge in [0.25, 0.3) is 0 Å². The lowest BCUT2D eigenvalue weighted by Gasteiger charge is -2.24. The summed E-state index contributed by atoms with van der Waals surface area (Å²) in [5.41, 5.74) is 2.63. The van der Waals surface area contributed by atoms with Crippen molar-refractivity contribution in [3.05, 3.63) is 64.0 Å². The lowest BCUT2D eigenvalue weighted by Crippen LogP contribution is -2.40. The molecule has 4 rings (SSSR count). The summed E-state index contributed by atoms with van der Waals surface area (Å²) < 4.78 is 5.78. The van der Waals surface area contributed by atoms with Crippen molar-refractivity contribution in [3.8, 4) is 0 Å². The fourth-order valence-electron chi connectivity index (χ4n) is 3.92. The van der Waals surface area contributed by atoms with Crippen molar-refractivity contribution < 1.29 is 9.53 Å². The number of hydrogen-bond acceptors (Lipinski definition) is 3. The number of hydrogen-bond donors (Lipinski definition) is 2. The lowest BCUT2D eigenvalue weighted by molar-refractivity contribution is -0.122. The molecule has 5 nitrogen and oxygen atoms in total. The lowest BCUT2D eigenvalue weighted by atomic mass is 9.89. The molecule has 3 aromatic rings. The Balaban J connectivity index is 1.61. The van der Waals surface area contributed by atoms with Gasteiger partial charge in [-0.25, -0.2) is 4.98 Å². The number of halogens is 2. The molecule has 0 aliphatic carbocycles. The van der Waals surface area contributed by atoms with E-state index >= 15 is 0 Å². The number of amides is 1. The minimum absolute atomic E-state index is 0.0296. The largest absolute Gasteiger partial charge is 0.373 e. The summed E-state index contributed by atoms with van der Waals surface area (Å²) >= 11 is 12.2. The quantitative estimate of drug-likeness (QED) is 0.534. The number of H-pyrrole nitrogens is 1. The minimum Gasteiger partial charge on any atom is -0.373 e. The van der Waals surface area contributed by atoms with Crippen molar-refractivity contribution in [2.75, 3.05) is 13.2 Å². The summed E-state index contributed by atoms with van der Waals surface area (Å²) in [5, 5.41) is 5.12. The summed E-state index contributed by atoms with van der Waals surface area (Å²) in [6, 6.07) is 9.37. The third-order valence-corrected chi connectivity index (χ3v) is 6.01. The highest BCUT2D eigenvalue weighted by molar-refractivity contribution is 6.31. The average molecular weight is 432 g/mol. The van der Waals surface area contributed by atoms with Crippen LogP contribution in [0.25, 0.3) is 10.9 Å². The van der Waals surface area contributed by atoms with Crippen molar-refractivity contribution in [1.29, 1.82) is 0 Å². The molecule has 0 bridgehead atoms. The third kappa shape index (κ3) is 4.58. The Kier molecular flexibility index (Phi) is 5.81. The van der Waals surface area contributed by atoms with Gasteiger partial charge in [-0.15, -0.1) is 0 Å². The van der Waals surface area contributed by atoms with E-state index in [0.29, 0.717) is 23.1 Å². The van der Waals surface area contributed by atoms with E-state index in [2.05, 4.69) is 15.3 Å². The number of nitrogens with one attached hydrogen (secondary N) is 2. The fraction of sp³-hybridized carbons (Fsp3) is 0.364. The minimum atomic E-state index is -0.276. The number of aromatic amines is 1. The maximum Gasteiger partial charge on any atom is 0.221 e. The van der Waals surface area contributed by atoms with Gasteiger partial charge in [0.2, 0.25) is 5.91 Å². The van der Waals surface area contributed by atoms with E-state index in [1.54, 1.807) is 12.3 Å². The maximum atomic E-state index is 12.8. The molecular formula is C22H23Cl2N3O2. The third-order valence-electron chi connectivity index (χ3n) is 5.55. The van der Waals surface area contributed by atoms with E-state index in [-0.39, 0.29) is 17.4 Å². The van der Waals surface area contributed by atoms with Gasteiger partial charge in [0, 0.05) is 53.8 Å². The van der Waals surface area contributed by atoms with Crippen LogP contribution in [0.3, 0.4) is 0 Å². The first-order chi connectivity index (χ1) is 13.9. The second-order valence-electron chi connectivity index (χ2n) is 7.78. The average Bonchev–Trinajstić information content (AvgIpc) is 3.32. The van der Waals surface area contributed by atoms with Crippen molar-refractivity contribution in [1.82, 2.24) is 15.3 Å². The molecular weight excluding hydrogens is 409 g/mol. The van der Waals surface area contributed by atoms with E-state index in [0.717, 1.165) is 41.5 Å². The highest BCUT2D eigenvalue weighted by Gasteiger charge is 2.30. The van der Waals surface area contributed by atoms with Gasteiger partial charge in [-0.2, -0.15) is 0 Å². The molecule has 7 heteroatoms. The molecule has 152 valence electrons. The summed E-state index contributed by atoms with van der Waals surface area (Å²) in [6.45, 7) is 3.31. The molecule has 2 N–H and O–H groups in total. The van der Waals surface area contributed by atoms with Gasteiger partial charge in [-0.05, 0) is 55.2 Å². The Hall–Kier alpha value is -2.08. The molecule has 0 spiro atoms. The standard InChI is InChI=1S/C22H23Cl2N3O2/c1-22(7-2-8-29-22)13-27-21(28)10-16(14-3-6-20(24)26-11-14)18-12-25-19-5-4-15(23)9-17(18)19/h3-6,9,11-12,16,25H,2,7-8,10,13H2,1H3,(H,27,28)/t16-,22-/m0/s1. The second-order valence-corrected chi connectivity index (χ2v) is 8.61. The van der Waals surface area contributed by atoms with E-state index in [1.165, 1.54) is 0 Å². The van der Waals surface area contributed by atoms with Crippen LogP contribution in [0.4, 0.5) is 0 Å². The number of aromatic nitrogens is 2. The van der Waals surface area contributed by atoms with E-state index < -0.39 is 0 Å². The van der Waals surface area contributed by atoms with Crippen molar-refractivity contribution >= 4 is 40.0 Å². The molecule has 0 saturated carbocycles. The van der Waals surface area contributed by atoms with E-state index in [4.69, 9.17) is 27.9 Å². The predicted molar refractivity (Wildman–Crippen MR) is 116 cm³/mol. The summed E-state index contributed by atoms with van der Waals surface area (Å²) in [7, 11) is 0. The first kappa shape index (κ1) is 20.2. The number of nitrogens with zero attached hydrogens (tertiary/aromatic N) is 1. The monoisotopic (exact) mass is 431 g/mol. The number of rotatable bonds is 6. The van der Waals surface area contributed by atoms with Gasteiger partial charge < -0.3 is 15.0 Å². The number of pyridine rings is 1. The second kappa shape index (κ2) is 8.34. The molecule has 29 heavy (non-hydrogen) atoms. The summed E-state index contributed by atoms with van der Waals surface area (Å²) in [4.78, 5) is 20.3. The van der Waals surface area contributed by atoms with Gasteiger partial charge in [0.05, 0.1) is 5.60 Å². The van der Waals surface area contributed by atoms with E-state index in [1.807, 2.05) is 37.4 Å². The topological polar surface area (TPSA) is 67.0 Å². The van der Waals surface area contributed by atoms with Crippen LogP contribution in [0, 0.1) is 0 Å². The van der Waals surface area contributed by atoms with Gasteiger partial charge in [-0.3, -0.25) is 4.79 Å². The molecule has 1 aliphatic heterocycles. The zero-order valence-electron chi connectivity index (χ0n) is 16.2. The van der Waals surface area contributed by atoms with Gasteiger partial charge in [-0.1, -0.05) is 29.3 Å². The van der Waals surface area contributed by atoms with Crippen LogP contribution < -0.4 is 5.32 Å². The normalized spacial score (nSPS) is 20.1. The van der Waals surface area contributed by atoms with Crippen LogP contribution in [-0.4, -0.2) is 34.6 Å². The summed E-state index contributed by atoms with van der Waals surface area (Å²) in [5.74, 6) is -0.206. The van der Waals surface area contributed by atoms with Gasteiger partial charge in [0.15, 0.2) is 0 Å². The Morgan fingerprint density at radius 3 is 2.93 bits per heavy atom. The molecule has 1 amide bonds. The Bertz CT molecular complexity index is 1010. The number of ether oxygens (including phenoxy) is 1. The maximum absolute atomic E-state index is 12.8. The van der Waals surface area contributed by atoms with Crippen LogP contribution in [0.5, 0.6) is 0 Å². The van der Waals surface area contributed by atoms with Crippen LogP contribution >= 0.6 is 23.2 Å². The molecule has 0 radical (unpaired) electrons. The molecule has 0 unspecified atom stereocenters. The molecule has 2 atom stereocenters. The molecule has 1 fully saturated rings. The highest BCUT2D eigenvalue weighted by Crippen LogP contribution is 2.34. The van der Waals surface area contributed by atoms with Crippen LogP contribution in [0.2, 0.25) is 10.2 Å². The number of fused-ring (bicyclic) bond motifs is 1. The number of benzene rings is 1. The first-order valence-electron chi connectivity index (χ1n) is 9.72. The highest BCUT2D eigenvalue weighted by atomic mass is 35.5. The Morgan fingerprint density at radius 2 is 2.21 bits per heavy atom. The van der Waals surface area contributed by atoms with Crippen molar-refractivity contribution in [2.24, 2.45) is 0 Å². The van der Waals surface area contributed by atoms with Crippen molar-refractivity contribution in [2.45, 2.75) is 37.7 Å². The fourth-order valence-corrected chi connectivity index (χ4v) is 4.21. The Morgan fingerprint density at radius 1 is 1.34 bits per heavy atom. The zero-order valence-corrected chi connectivity index (χ0v) is 17.7. The van der Waals surface area contributed by atoms with Crippen molar-refractivity contribution in [3.63, 3.8) is 0 Å². The van der Waals surface area contributed by atoms with Crippen LogP contribution in [0.1, 0.15) is 43.2 Å². The summed E-state index contributed by atoms with van der Waals surface area (Å²) in [6.07, 6.45) is 5.94. The molecule has 1 aliphatic rings.